The molecule has 0 radical (unpaired) electrons. The van der Waals surface area contributed by atoms with Crippen LogP contribution in [0.4, 0.5) is 11.4 Å². The summed E-state index contributed by atoms with van der Waals surface area (Å²) in [6.07, 6.45) is 0.995. The summed E-state index contributed by atoms with van der Waals surface area (Å²) in [6, 6.07) is 0. The average Bonchev–Trinajstić information content (AvgIpc) is 2.78. The second-order valence-electron chi connectivity index (χ2n) is 4.84. The number of hydrogen-bond donors (Lipinski definition) is 0. The molecule has 0 atom stereocenters. The monoisotopic (exact) mass is 214 g/mol. The molecule has 0 saturated heterocycles. The van der Waals surface area contributed by atoms with Crippen molar-refractivity contribution in [1.29, 1.82) is 0 Å². The van der Waals surface area contributed by atoms with E-state index in [0.717, 1.165) is 13.0 Å². The van der Waals surface area contributed by atoms with E-state index in [0.29, 0.717) is 0 Å². The van der Waals surface area contributed by atoms with E-state index < -0.39 is 0 Å². The largest absolute Gasteiger partial charge is 0.257 e. The van der Waals surface area contributed by atoms with Gasteiger partial charge in [-0.2, -0.15) is 0 Å². The average molecular weight is 214 g/mol. The van der Waals surface area contributed by atoms with Crippen LogP contribution in [0.3, 0.4) is 0 Å². The number of hydrogen-bond acceptors (Lipinski definition) is 2. The first kappa shape index (κ1) is 9.70. The van der Waals surface area contributed by atoms with E-state index in [4.69, 9.17) is 0 Å². The van der Waals surface area contributed by atoms with Gasteiger partial charge in [-0.25, -0.2) is 0 Å². The fourth-order valence-corrected chi connectivity index (χ4v) is 2.71. The fourth-order valence-electron chi connectivity index (χ4n) is 2.71. The summed E-state index contributed by atoms with van der Waals surface area (Å²) in [5, 5.41) is 4.60. The Kier molecular flexibility index (Phi) is 1.82. The van der Waals surface area contributed by atoms with E-state index in [1.54, 1.807) is 0 Å². The molecule has 0 aromatic heterocycles. The fraction of sp³-hybridized carbons (Fsp3) is 0.462. The highest BCUT2D eigenvalue weighted by Crippen LogP contribution is 2.43. The summed E-state index contributed by atoms with van der Waals surface area (Å²) in [7, 11) is 2.03. The molecule has 3 nitrogen and oxygen atoms in total. The van der Waals surface area contributed by atoms with Gasteiger partial charge < -0.3 is 0 Å². The van der Waals surface area contributed by atoms with Crippen molar-refractivity contribution in [3.63, 3.8) is 0 Å². The molecule has 0 bridgehead atoms. The normalized spacial score (nSPS) is 17.0. The van der Waals surface area contributed by atoms with Gasteiger partial charge in [0.15, 0.2) is 13.6 Å². The molecule has 2 heterocycles. The van der Waals surface area contributed by atoms with E-state index in [1.807, 2.05) is 11.7 Å². The Morgan fingerprint density at radius 3 is 2.44 bits per heavy atom. The van der Waals surface area contributed by atoms with Crippen molar-refractivity contribution in [3.8, 4) is 0 Å². The van der Waals surface area contributed by atoms with Crippen LogP contribution in [0.1, 0.15) is 29.2 Å². The van der Waals surface area contributed by atoms with E-state index in [1.165, 1.54) is 39.3 Å². The van der Waals surface area contributed by atoms with Crippen LogP contribution in [0.25, 0.3) is 0 Å². The number of fused-ring (bicyclic) bond motifs is 2. The van der Waals surface area contributed by atoms with Crippen LogP contribution in [-0.4, -0.2) is 17.5 Å². The summed E-state index contributed by atoms with van der Waals surface area (Å²) >= 11 is 0. The highest BCUT2D eigenvalue weighted by Gasteiger charge is 2.29. The van der Waals surface area contributed by atoms with Gasteiger partial charge in [0.1, 0.15) is 5.69 Å². The Bertz CT molecular complexity index is 514. The third-order valence-corrected chi connectivity index (χ3v) is 3.58. The van der Waals surface area contributed by atoms with Crippen molar-refractivity contribution in [1.82, 2.24) is 0 Å². The van der Waals surface area contributed by atoms with E-state index in [9.17, 15) is 0 Å². The molecule has 16 heavy (non-hydrogen) atoms. The van der Waals surface area contributed by atoms with Gasteiger partial charge in [0.2, 0.25) is 0 Å². The minimum absolute atomic E-state index is 0.920. The molecule has 0 aliphatic carbocycles. The van der Waals surface area contributed by atoms with E-state index in [2.05, 4.69) is 30.9 Å². The molecule has 3 rings (SSSR count). The molecule has 0 amide bonds. The summed E-state index contributed by atoms with van der Waals surface area (Å²) in [5.41, 5.74) is 8.99. The van der Waals surface area contributed by atoms with Crippen molar-refractivity contribution >= 4 is 17.1 Å². The molecule has 0 saturated carbocycles. The molecule has 82 valence electrons. The predicted octanol–water partition coefficient (Wildman–Crippen LogP) is 3.19. The lowest BCUT2D eigenvalue weighted by Gasteiger charge is -2.09. The lowest BCUT2D eigenvalue weighted by Crippen LogP contribution is -1.98. The molecule has 0 N–H and O–H groups in total. The van der Waals surface area contributed by atoms with Crippen LogP contribution in [0.15, 0.2) is 10.1 Å². The molecule has 0 spiro atoms. The third kappa shape index (κ3) is 1.11. The smallest absolute Gasteiger partial charge is 0.196 e. The van der Waals surface area contributed by atoms with E-state index >= 15 is 0 Å². The highest BCUT2D eigenvalue weighted by atomic mass is 15.3. The first-order valence-corrected chi connectivity index (χ1v) is 5.69. The number of nitrogens with zero attached hydrogens (tertiary/aromatic N) is 3. The van der Waals surface area contributed by atoms with Gasteiger partial charge in [-0.05, 0) is 42.6 Å². The van der Waals surface area contributed by atoms with Gasteiger partial charge in [-0.3, -0.25) is 4.99 Å². The molecule has 3 heteroatoms. The van der Waals surface area contributed by atoms with Crippen LogP contribution in [-0.2, 0) is 13.0 Å². The van der Waals surface area contributed by atoms with Crippen LogP contribution in [0.2, 0.25) is 0 Å². The Balaban J connectivity index is 2.32. The topological polar surface area (TPSA) is 27.7 Å². The van der Waals surface area contributed by atoms with Gasteiger partial charge in [0.05, 0.1) is 11.3 Å². The molecule has 0 unspecified atom stereocenters. The first-order valence-electron chi connectivity index (χ1n) is 5.69. The quantitative estimate of drug-likeness (QED) is 0.593. The molecule has 1 aromatic rings. The van der Waals surface area contributed by atoms with Crippen molar-refractivity contribution in [3.05, 3.63) is 22.3 Å². The van der Waals surface area contributed by atoms with Gasteiger partial charge in [0.25, 0.3) is 0 Å². The number of aliphatic imine (C=N–C) groups is 1. The van der Waals surface area contributed by atoms with Crippen molar-refractivity contribution in [2.45, 2.75) is 33.7 Å². The Morgan fingerprint density at radius 2 is 1.69 bits per heavy atom. The van der Waals surface area contributed by atoms with Gasteiger partial charge >= 0.3 is 0 Å². The van der Waals surface area contributed by atoms with Gasteiger partial charge in [0, 0.05) is 12.1 Å². The number of azo groups is 2. The van der Waals surface area contributed by atoms with Crippen LogP contribution < -0.4 is 0 Å². The lowest BCUT2D eigenvalue weighted by atomic mass is 9.94. The zero-order chi connectivity index (χ0) is 11.4. The van der Waals surface area contributed by atoms with Crippen LogP contribution in [0.5, 0.6) is 0 Å². The molecule has 2 aliphatic rings. The van der Waals surface area contributed by atoms with Crippen LogP contribution in [0, 0.1) is 13.8 Å². The van der Waals surface area contributed by atoms with Gasteiger partial charge in [-0.1, -0.05) is 0 Å². The zero-order valence-corrected chi connectivity index (χ0v) is 10.3. The second kappa shape index (κ2) is 3.00. The maximum atomic E-state index is 4.67. The standard InChI is InChI=1S/C13H16N3/c1-7-5-10-8(2)13-11(6-16(4)15-13)9(3)12(10)14-7/h5-6H2,1-4H3/q+1. The van der Waals surface area contributed by atoms with Crippen molar-refractivity contribution < 1.29 is 4.70 Å². The highest BCUT2D eigenvalue weighted by molar-refractivity contribution is 5.94. The molecule has 1 aromatic carbocycles. The summed E-state index contributed by atoms with van der Waals surface area (Å²) in [5.74, 6) is 0. The zero-order valence-electron chi connectivity index (χ0n) is 10.3. The maximum Gasteiger partial charge on any atom is 0.196 e. The van der Waals surface area contributed by atoms with Crippen LogP contribution >= 0.6 is 0 Å². The second-order valence-corrected chi connectivity index (χ2v) is 4.84. The van der Waals surface area contributed by atoms with E-state index in [-0.39, 0.29) is 0 Å². The molecular formula is C13H16N3+. The number of rotatable bonds is 0. The maximum absolute atomic E-state index is 4.67. The summed E-state index contributed by atoms with van der Waals surface area (Å²) < 4.78 is 2.01. The van der Waals surface area contributed by atoms with Gasteiger partial charge in [-0.15, -0.1) is 4.70 Å². The third-order valence-electron chi connectivity index (χ3n) is 3.58. The first-order chi connectivity index (χ1) is 7.58. The molecule has 2 aliphatic heterocycles. The minimum atomic E-state index is 0.920. The Hall–Kier alpha value is -1.51. The SMILES string of the molecule is CC1=Nc2c(C)c3c(c(C)c2C1)N=[N+](C)C3. The van der Waals surface area contributed by atoms with Crippen molar-refractivity contribution in [2.24, 2.45) is 10.1 Å². The summed E-state index contributed by atoms with van der Waals surface area (Å²) in [4.78, 5) is 4.67. The predicted molar refractivity (Wildman–Crippen MR) is 64.4 cm³/mol. The molecule has 0 fully saturated rings. The lowest BCUT2D eigenvalue weighted by molar-refractivity contribution is -0.570. The summed E-state index contributed by atoms with van der Waals surface area (Å²) in [6.45, 7) is 7.37. The number of benzene rings is 1. The minimum Gasteiger partial charge on any atom is -0.257 e. The Morgan fingerprint density at radius 1 is 1.00 bits per heavy atom. The Labute approximate surface area is 95.5 Å². The van der Waals surface area contributed by atoms with Crippen molar-refractivity contribution in [2.75, 3.05) is 7.05 Å². The molecular weight excluding hydrogens is 198 g/mol.